The number of hydrogen-bond acceptors (Lipinski definition) is 2. The zero-order valence-electron chi connectivity index (χ0n) is 19.4. The van der Waals surface area contributed by atoms with Crippen LogP contribution in [-0.4, -0.2) is 5.78 Å². The number of ketones is 1. The second kappa shape index (κ2) is 11.4. The maximum Gasteiger partial charge on any atom is 0.195 e. The molecule has 0 bridgehead atoms. The Morgan fingerprint density at radius 1 is 0.647 bits per heavy atom. The number of carbonyl (C=O) groups excluding carboxylic acids is 1. The van der Waals surface area contributed by atoms with E-state index < -0.39 is 6.04 Å². The van der Waals surface area contributed by atoms with Crippen LogP contribution >= 0.6 is 6.04 Å². The first-order valence-electron chi connectivity index (χ1n) is 11.8. The van der Waals surface area contributed by atoms with Gasteiger partial charge in [0.1, 0.15) is 0 Å². The molecule has 0 amide bonds. The fraction of sp³-hybridized carbons (Fsp3) is 0.129. The van der Waals surface area contributed by atoms with Crippen molar-refractivity contribution in [2.45, 2.75) is 26.2 Å². The summed E-state index contributed by atoms with van der Waals surface area (Å²) in [6, 6.07) is 37.7. The number of Topliss-reactive ketones (excluding diaryl/α,β-unsaturated/α-hetero) is 1. The van der Waals surface area contributed by atoms with Crippen LogP contribution < -0.4 is 10.6 Å². The average Bonchev–Trinajstić information content (AvgIpc) is 2.92. The predicted octanol–water partition coefficient (Wildman–Crippen LogP) is 7.60. The minimum absolute atomic E-state index is 0.0339. The third-order valence-electron chi connectivity index (χ3n) is 5.99. The van der Waals surface area contributed by atoms with Gasteiger partial charge in [0.15, 0.2) is 5.78 Å². The van der Waals surface area contributed by atoms with Gasteiger partial charge in [-0.25, -0.2) is 0 Å². The monoisotopic (exact) mass is 480 g/mol. The highest BCUT2D eigenvalue weighted by atomic mass is 32.4. The molecule has 4 aromatic carbocycles. The second-order valence-electron chi connectivity index (χ2n) is 8.27. The first-order valence-corrected chi connectivity index (χ1v) is 14.6. The Morgan fingerprint density at radius 2 is 1.06 bits per heavy atom. The summed E-state index contributed by atoms with van der Waals surface area (Å²) in [5, 5.41) is 2.87. The number of benzene rings is 4. The molecule has 4 rings (SSSR count). The molecular weight excluding hydrogens is 451 g/mol. The Morgan fingerprint density at radius 3 is 1.50 bits per heavy atom. The van der Waals surface area contributed by atoms with E-state index in [1.807, 2.05) is 84.9 Å². The van der Waals surface area contributed by atoms with Crippen LogP contribution in [0, 0.1) is 0 Å². The molecule has 0 aromatic heterocycles. The van der Waals surface area contributed by atoms with Gasteiger partial charge in [0, 0.05) is 16.9 Å². The molecule has 0 atom stereocenters. The fourth-order valence-corrected chi connectivity index (χ4v) is 8.62. The predicted molar refractivity (Wildman–Crippen MR) is 150 cm³/mol. The maximum atomic E-state index is 14.4. The zero-order valence-corrected chi connectivity index (χ0v) is 21.1. The van der Waals surface area contributed by atoms with Crippen LogP contribution in [0.4, 0.5) is 0 Å². The van der Waals surface area contributed by atoms with Crippen molar-refractivity contribution in [1.82, 2.24) is 0 Å². The number of unbranched alkanes of at least 4 members (excludes halogenated alkanes) is 1. The Kier molecular flexibility index (Phi) is 8.06. The van der Waals surface area contributed by atoms with E-state index >= 15 is 0 Å². The van der Waals surface area contributed by atoms with Gasteiger partial charge in [-0.3, -0.25) is 4.79 Å². The highest BCUT2D eigenvalue weighted by molar-refractivity contribution is 8.24. The lowest BCUT2D eigenvalue weighted by Crippen LogP contribution is -2.22. The molecule has 0 heterocycles. The van der Waals surface area contributed by atoms with E-state index in [1.54, 1.807) is 0 Å². The average molecular weight is 481 g/mol. The first kappa shape index (κ1) is 24.1. The van der Waals surface area contributed by atoms with Crippen molar-refractivity contribution in [2.24, 2.45) is 0 Å². The van der Waals surface area contributed by atoms with Crippen LogP contribution in [0.1, 0.15) is 42.1 Å². The van der Waals surface area contributed by atoms with Gasteiger partial charge in [0.25, 0.3) is 0 Å². The molecule has 4 aromatic rings. The Hall–Kier alpha value is -3.06. The van der Waals surface area contributed by atoms with Gasteiger partial charge in [0.2, 0.25) is 0 Å². The lowest BCUT2D eigenvalue weighted by atomic mass is 9.97. The summed E-state index contributed by atoms with van der Waals surface area (Å²) in [7, 11) is 0. The van der Waals surface area contributed by atoms with E-state index in [0.717, 1.165) is 46.3 Å². The quantitative estimate of drug-likeness (QED) is 0.139. The number of carbonyl (C=O) groups is 1. The van der Waals surface area contributed by atoms with Gasteiger partial charge in [-0.1, -0.05) is 146 Å². The molecule has 0 fully saturated rings. The fourth-order valence-electron chi connectivity index (χ4n) is 4.27. The van der Waals surface area contributed by atoms with E-state index in [0.29, 0.717) is 5.56 Å². The van der Waals surface area contributed by atoms with Crippen LogP contribution in [0.15, 0.2) is 127 Å². The molecule has 0 aliphatic carbocycles. The normalized spacial score (nSPS) is 12.1. The van der Waals surface area contributed by atoms with Gasteiger partial charge < -0.3 is 0 Å². The van der Waals surface area contributed by atoms with Gasteiger partial charge in [-0.2, -0.15) is 0 Å². The summed E-state index contributed by atoms with van der Waals surface area (Å²) in [5.74, 6) is 0.0339. The topological polar surface area (TPSA) is 17.1 Å². The first-order chi connectivity index (χ1) is 16.7. The molecule has 0 aliphatic heterocycles. The van der Waals surface area contributed by atoms with E-state index in [-0.39, 0.29) is 5.78 Å². The maximum absolute atomic E-state index is 14.4. The minimum Gasteiger partial charge on any atom is -0.289 e. The SMILES string of the molecule is CCCC/C(=C(/C(=O)c1ccccc1)P(=S)(c1ccccc1)c1ccccc1)c1ccccc1. The van der Waals surface area contributed by atoms with Gasteiger partial charge in [-0.15, -0.1) is 0 Å². The third-order valence-corrected chi connectivity index (χ3v) is 11.0. The molecule has 1 nitrogen and oxygen atoms in total. The summed E-state index contributed by atoms with van der Waals surface area (Å²) >= 11 is 6.69. The second-order valence-corrected chi connectivity index (χ2v) is 12.6. The summed E-state index contributed by atoms with van der Waals surface area (Å²) in [6.45, 7) is 2.19. The highest BCUT2D eigenvalue weighted by Crippen LogP contribution is 2.56. The molecule has 0 radical (unpaired) electrons. The van der Waals surface area contributed by atoms with Crippen LogP contribution in [0.25, 0.3) is 5.57 Å². The molecule has 0 N–H and O–H groups in total. The largest absolute Gasteiger partial charge is 0.289 e. The van der Waals surface area contributed by atoms with Crippen LogP contribution in [0.3, 0.4) is 0 Å². The Labute approximate surface area is 208 Å². The molecule has 0 aliphatic rings. The van der Waals surface area contributed by atoms with E-state index in [4.69, 9.17) is 11.8 Å². The molecule has 0 saturated carbocycles. The molecule has 0 saturated heterocycles. The Bertz CT molecular complexity index is 1250. The van der Waals surface area contributed by atoms with E-state index in [9.17, 15) is 4.79 Å². The number of hydrogen-bond donors (Lipinski definition) is 0. The lowest BCUT2D eigenvalue weighted by Gasteiger charge is -2.29. The van der Waals surface area contributed by atoms with Crippen molar-refractivity contribution in [1.29, 1.82) is 0 Å². The van der Waals surface area contributed by atoms with Gasteiger partial charge in [0.05, 0.1) is 0 Å². The standard InChI is InChI=1S/C31H29OPS/c1-2-3-24-29(25-16-8-4-9-17-25)31(30(32)26-18-10-5-11-19-26)33(34,27-20-12-6-13-21-27)28-22-14-7-15-23-28/h4-23H,2-3,24H2,1H3/b31-29+. The van der Waals surface area contributed by atoms with Crippen molar-refractivity contribution in [3.63, 3.8) is 0 Å². The van der Waals surface area contributed by atoms with Crippen molar-refractivity contribution < 1.29 is 4.79 Å². The molecule has 170 valence electrons. The molecule has 34 heavy (non-hydrogen) atoms. The van der Waals surface area contributed by atoms with Crippen molar-refractivity contribution in [3.05, 3.63) is 138 Å². The molecule has 0 spiro atoms. The van der Waals surface area contributed by atoms with Crippen molar-refractivity contribution in [3.8, 4) is 0 Å². The van der Waals surface area contributed by atoms with E-state index in [1.165, 1.54) is 0 Å². The zero-order chi connectivity index (χ0) is 23.8. The molecule has 0 unspecified atom stereocenters. The Balaban J connectivity index is 2.11. The van der Waals surface area contributed by atoms with Crippen LogP contribution in [0.2, 0.25) is 0 Å². The number of allylic oxidation sites excluding steroid dienone is 2. The summed E-state index contributed by atoms with van der Waals surface area (Å²) < 4.78 is 0. The number of rotatable bonds is 9. The lowest BCUT2D eigenvalue weighted by molar-refractivity contribution is 0.104. The summed E-state index contributed by atoms with van der Waals surface area (Å²) in [5.41, 5.74) is 2.84. The van der Waals surface area contributed by atoms with Crippen molar-refractivity contribution >= 4 is 39.8 Å². The molecule has 3 heteroatoms. The van der Waals surface area contributed by atoms with E-state index in [2.05, 4.69) is 43.3 Å². The van der Waals surface area contributed by atoms with Crippen LogP contribution in [0.5, 0.6) is 0 Å². The third kappa shape index (κ3) is 5.04. The van der Waals surface area contributed by atoms with Crippen molar-refractivity contribution in [2.75, 3.05) is 0 Å². The van der Waals surface area contributed by atoms with Gasteiger partial charge >= 0.3 is 0 Å². The smallest absolute Gasteiger partial charge is 0.195 e. The molecular formula is C31H29OPS. The van der Waals surface area contributed by atoms with Gasteiger partial charge in [-0.05, 0) is 34.6 Å². The highest BCUT2D eigenvalue weighted by Gasteiger charge is 2.34. The summed E-state index contributed by atoms with van der Waals surface area (Å²) in [4.78, 5) is 14.4. The van der Waals surface area contributed by atoms with Crippen LogP contribution in [-0.2, 0) is 11.8 Å². The minimum atomic E-state index is -2.65. The summed E-state index contributed by atoms with van der Waals surface area (Å²) in [6.07, 6.45) is 2.85.